The van der Waals surface area contributed by atoms with Crippen molar-refractivity contribution in [3.63, 3.8) is 0 Å². The van der Waals surface area contributed by atoms with E-state index >= 15 is 0 Å². The molecule has 0 unspecified atom stereocenters. The quantitative estimate of drug-likeness (QED) is 0.584. The zero-order chi connectivity index (χ0) is 7.56. The van der Waals surface area contributed by atoms with Gasteiger partial charge < -0.3 is 15.2 Å². The van der Waals surface area contributed by atoms with Crippen LogP contribution in [0.4, 0.5) is 0 Å². The van der Waals surface area contributed by atoms with E-state index < -0.39 is 0 Å². The third-order valence-corrected chi connectivity index (χ3v) is 1.97. The van der Waals surface area contributed by atoms with Gasteiger partial charge >= 0.3 is 0 Å². The highest BCUT2D eigenvalue weighted by molar-refractivity contribution is 4.74. The number of methoxy groups -OCH3 is 1. The average molecular weight is 145 g/mol. The lowest BCUT2D eigenvalue weighted by Gasteiger charge is -2.31. The van der Waals surface area contributed by atoms with Gasteiger partial charge in [0.15, 0.2) is 6.29 Å². The second kappa shape index (κ2) is 3.32. The molecule has 1 aliphatic rings. The topological polar surface area (TPSA) is 44.5 Å². The van der Waals surface area contributed by atoms with Crippen molar-refractivity contribution in [1.29, 1.82) is 0 Å². The molecular formula is C7H15NO2. The average Bonchev–Trinajstić information content (AvgIpc) is 1.95. The monoisotopic (exact) mass is 145 g/mol. The van der Waals surface area contributed by atoms with Crippen molar-refractivity contribution >= 4 is 0 Å². The van der Waals surface area contributed by atoms with E-state index in [2.05, 4.69) is 0 Å². The van der Waals surface area contributed by atoms with Gasteiger partial charge in [-0.05, 0) is 19.8 Å². The fourth-order valence-corrected chi connectivity index (χ4v) is 1.15. The third kappa shape index (κ3) is 1.68. The van der Waals surface area contributed by atoms with Crippen LogP contribution in [0.2, 0.25) is 0 Å². The van der Waals surface area contributed by atoms with Crippen LogP contribution in [0.3, 0.4) is 0 Å². The summed E-state index contributed by atoms with van der Waals surface area (Å²) >= 11 is 0. The molecule has 3 nitrogen and oxygen atoms in total. The first-order chi connectivity index (χ1) is 4.74. The molecule has 1 heterocycles. The van der Waals surface area contributed by atoms with Crippen molar-refractivity contribution in [2.24, 2.45) is 5.73 Å². The minimum absolute atomic E-state index is 0.0326. The Morgan fingerprint density at radius 2 is 2.20 bits per heavy atom. The molecule has 0 spiro atoms. The fourth-order valence-electron chi connectivity index (χ4n) is 1.15. The van der Waals surface area contributed by atoms with Crippen LogP contribution in [0.25, 0.3) is 0 Å². The lowest BCUT2D eigenvalue weighted by atomic mass is 10.0. The molecule has 1 aliphatic heterocycles. The normalized spacial score (nSPS) is 41.7. The Kier molecular flexibility index (Phi) is 2.65. The summed E-state index contributed by atoms with van der Waals surface area (Å²) in [5.74, 6) is 0. The second-order valence-corrected chi connectivity index (χ2v) is 2.75. The van der Waals surface area contributed by atoms with Gasteiger partial charge in [0, 0.05) is 13.2 Å². The van der Waals surface area contributed by atoms with E-state index in [1.807, 2.05) is 6.92 Å². The molecule has 0 saturated carbocycles. The van der Waals surface area contributed by atoms with Crippen LogP contribution in [0.1, 0.15) is 19.8 Å². The van der Waals surface area contributed by atoms with Crippen molar-refractivity contribution in [3.8, 4) is 0 Å². The van der Waals surface area contributed by atoms with Crippen LogP contribution in [0, 0.1) is 0 Å². The van der Waals surface area contributed by atoms with Crippen LogP contribution in [0.15, 0.2) is 0 Å². The van der Waals surface area contributed by atoms with Crippen molar-refractivity contribution in [3.05, 3.63) is 0 Å². The molecule has 1 fully saturated rings. The van der Waals surface area contributed by atoms with Gasteiger partial charge in [-0.3, -0.25) is 0 Å². The summed E-state index contributed by atoms with van der Waals surface area (Å²) in [5, 5.41) is 0. The summed E-state index contributed by atoms with van der Waals surface area (Å²) < 4.78 is 10.4. The standard InChI is InChI=1S/C7H15NO2/c1-5-6(8)3-4-7(9-2)10-5/h5-7H,3-4,8H2,1-2H3/t5-,6+,7+/m0/s1. The molecule has 0 amide bonds. The molecule has 0 aromatic carbocycles. The molecule has 0 aromatic rings. The summed E-state index contributed by atoms with van der Waals surface area (Å²) in [6, 6.07) is 0.186. The second-order valence-electron chi connectivity index (χ2n) is 2.75. The maximum Gasteiger partial charge on any atom is 0.157 e. The molecule has 1 saturated heterocycles. The van der Waals surface area contributed by atoms with Gasteiger partial charge in [-0.1, -0.05) is 0 Å². The Morgan fingerprint density at radius 1 is 1.50 bits per heavy atom. The fraction of sp³-hybridized carbons (Fsp3) is 1.00. The van der Waals surface area contributed by atoms with E-state index in [1.165, 1.54) is 0 Å². The van der Waals surface area contributed by atoms with E-state index in [4.69, 9.17) is 15.2 Å². The number of hydrogen-bond acceptors (Lipinski definition) is 3. The Balaban J connectivity index is 2.33. The first-order valence-corrected chi connectivity index (χ1v) is 3.68. The highest BCUT2D eigenvalue weighted by Gasteiger charge is 2.24. The Hall–Kier alpha value is -0.120. The van der Waals surface area contributed by atoms with E-state index in [-0.39, 0.29) is 18.4 Å². The predicted octanol–water partition coefficient (Wildman–Crippen LogP) is 0.485. The lowest BCUT2D eigenvalue weighted by molar-refractivity contribution is -0.180. The molecule has 3 atom stereocenters. The van der Waals surface area contributed by atoms with Crippen LogP contribution in [0.5, 0.6) is 0 Å². The SMILES string of the molecule is CO[C@H]1CC[C@@H](N)[C@H](C)O1. The number of hydrogen-bond donors (Lipinski definition) is 1. The summed E-state index contributed by atoms with van der Waals surface area (Å²) in [6.07, 6.45) is 2.02. The van der Waals surface area contributed by atoms with Crippen molar-refractivity contribution < 1.29 is 9.47 Å². The van der Waals surface area contributed by atoms with Crippen LogP contribution >= 0.6 is 0 Å². The number of rotatable bonds is 1. The zero-order valence-corrected chi connectivity index (χ0v) is 6.54. The smallest absolute Gasteiger partial charge is 0.157 e. The van der Waals surface area contributed by atoms with Crippen LogP contribution in [-0.4, -0.2) is 25.5 Å². The summed E-state index contributed by atoms with van der Waals surface area (Å²) in [7, 11) is 1.66. The molecule has 0 bridgehead atoms. The van der Waals surface area contributed by atoms with Crippen molar-refractivity contribution in [2.75, 3.05) is 7.11 Å². The summed E-state index contributed by atoms with van der Waals surface area (Å²) in [4.78, 5) is 0. The van der Waals surface area contributed by atoms with Gasteiger partial charge in [0.2, 0.25) is 0 Å². The molecule has 0 radical (unpaired) electrons. The van der Waals surface area contributed by atoms with Gasteiger partial charge in [0.05, 0.1) is 6.10 Å². The minimum Gasteiger partial charge on any atom is -0.356 e. The molecule has 10 heavy (non-hydrogen) atoms. The predicted molar refractivity (Wildman–Crippen MR) is 38.6 cm³/mol. The number of nitrogens with two attached hydrogens (primary N) is 1. The van der Waals surface area contributed by atoms with E-state index in [1.54, 1.807) is 7.11 Å². The summed E-state index contributed by atoms with van der Waals surface area (Å²) in [5.41, 5.74) is 5.71. The largest absolute Gasteiger partial charge is 0.356 e. The van der Waals surface area contributed by atoms with Gasteiger partial charge in [0.1, 0.15) is 0 Å². The van der Waals surface area contributed by atoms with Crippen molar-refractivity contribution in [2.45, 2.75) is 38.2 Å². The Morgan fingerprint density at radius 3 is 2.70 bits per heavy atom. The zero-order valence-electron chi connectivity index (χ0n) is 6.54. The van der Waals surface area contributed by atoms with Gasteiger partial charge in [-0.2, -0.15) is 0 Å². The first-order valence-electron chi connectivity index (χ1n) is 3.68. The summed E-state index contributed by atoms with van der Waals surface area (Å²) in [6.45, 7) is 1.98. The molecular weight excluding hydrogens is 130 g/mol. The molecule has 1 rings (SSSR count). The molecule has 0 aliphatic carbocycles. The molecule has 3 heteroatoms. The Bertz CT molecular complexity index is 108. The van der Waals surface area contributed by atoms with Gasteiger partial charge in [-0.25, -0.2) is 0 Å². The highest BCUT2D eigenvalue weighted by Crippen LogP contribution is 2.17. The highest BCUT2D eigenvalue weighted by atomic mass is 16.7. The Labute approximate surface area is 61.5 Å². The molecule has 0 aromatic heterocycles. The van der Waals surface area contributed by atoms with E-state index in [0.717, 1.165) is 12.8 Å². The van der Waals surface area contributed by atoms with Crippen LogP contribution in [-0.2, 0) is 9.47 Å². The van der Waals surface area contributed by atoms with Gasteiger partial charge in [-0.15, -0.1) is 0 Å². The number of ether oxygens (including phenoxy) is 2. The molecule has 2 N–H and O–H groups in total. The van der Waals surface area contributed by atoms with Crippen LogP contribution < -0.4 is 5.73 Å². The minimum atomic E-state index is -0.0326. The third-order valence-electron chi connectivity index (χ3n) is 1.97. The van der Waals surface area contributed by atoms with Crippen molar-refractivity contribution in [1.82, 2.24) is 0 Å². The van der Waals surface area contributed by atoms with Gasteiger partial charge in [0.25, 0.3) is 0 Å². The van der Waals surface area contributed by atoms with E-state index in [9.17, 15) is 0 Å². The molecule has 60 valence electrons. The maximum absolute atomic E-state index is 5.71. The first kappa shape index (κ1) is 7.98. The maximum atomic E-state index is 5.71. The van der Waals surface area contributed by atoms with E-state index in [0.29, 0.717) is 0 Å². The lowest BCUT2D eigenvalue weighted by Crippen LogP contribution is -2.42.